The Hall–Kier alpha value is -2.77. The molecule has 0 radical (unpaired) electrons. The fourth-order valence-electron chi connectivity index (χ4n) is 3.09. The van der Waals surface area contributed by atoms with Crippen LogP contribution in [-0.2, 0) is 6.18 Å². The van der Waals surface area contributed by atoms with Crippen molar-refractivity contribution in [3.8, 4) is 5.75 Å². The quantitative estimate of drug-likeness (QED) is 0.883. The summed E-state index contributed by atoms with van der Waals surface area (Å²) in [4.78, 5) is 18.3. The Kier molecular flexibility index (Phi) is 5.53. The highest BCUT2D eigenvalue weighted by molar-refractivity contribution is 5.97. The molecule has 27 heavy (non-hydrogen) atoms. The highest BCUT2D eigenvalue weighted by Crippen LogP contribution is 2.29. The molecule has 8 heteroatoms. The monoisotopic (exact) mass is 379 g/mol. The van der Waals surface area contributed by atoms with Crippen LogP contribution in [0.4, 0.5) is 19.0 Å². The van der Waals surface area contributed by atoms with Gasteiger partial charge in [-0.3, -0.25) is 4.79 Å². The Balaban J connectivity index is 1.57. The molecule has 0 saturated carbocycles. The second-order valence-corrected chi connectivity index (χ2v) is 6.34. The molecule has 1 N–H and O–H groups in total. The van der Waals surface area contributed by atoms with Crippen LogP contribution in [0.1, 0.15) is 28.8 Å². The number of rotatable bonds is 4. The second kappa shape index (κ2) is 7.85. The number of halogens is 3. The molecule has 0 atom stereocenters. The highest BCUT2D eigenvalue weighted by Gasteiger charge is 2.31. The summed E-state index contributed by atoms with van der Waals surface area (Å²) in [5.74, 6) is 0.831. The normalized spacial score (nSPS) is 15.5. The fourth-order valence-corrected chi connectivity index (χ4v) is 3.09. The average molecular weight is 379 g/mol. The van der Waals surface area contributed by atoms with Crippen molar-refractivity contribution < 1.29 is 22.7 Å². The first kappa shape index (κ1) is 19.0. The Morgan fingerprint density at radius 1 is 1.19 bits per heavy atom. The van der Waals surface area contributed by atoms with Gasteiger partial charge in [-0.05, 0) is 37.1 Å². The van der Waals surface area contributed by atoms with Crippen LogP contribution >= 0.6 is 0 Å². The minimum absolute atomic E-state index is 0.00638. The minimum Gasteiger partial charge on any atom is -0.496 e. The van der Waals surface area contributed by atoms with E-state index in [4.69, 9.17) is 4.74 Å². The summed E-state index contributed by atoms with van der Waals surface area (Å²) < 4.78 is 43.1. The van der Waals surface area contributed by atoms with E-state index in [1.54, 1.807) is 24.3 Å². The zero-order chi connectivity index (χ0) is 19.4. The molecular weight excluding hydrogens is 359 g/mol. The largest absolute Gasteiger partial charge is 0.496 e. The van der Waals surface area contributed by atoms with Crippen LogP contribution in [-0.4, -0.2) is 37.1 Å². The average Bonchev–Trinajstić information content (AvgIpc) is 2.68. The number of para-hydroxylation sites is 1. The third-order valence-electron chi connectivity index (χ3n) is 4.58. The van der Waals surface area contributed by atoms with Gasteiger partial charge in [0.1, 0.15) is 11.6 Å². The zero-order valence-electron chi connectivity index (χ0n) is 14.8. The Bertz CT molecular complexity index is 786. The van der Waals surface area contributed by atoms with Gasteiger partial charge >= 0.3 is 6.18 Å². The first-order chi connectivity index (χ1) is 12.9. The summed E-state index contributed by atoms with van der Waals surface area (Å²) in [6.45, 7) is 1.21. The van der Waals surface area contributed by atoms with Gasteiger partial charge in [0.05, 0.1) is 18.2 Å². The van der Waals surface area contributed by atoms with Gasteiger partial charge in [0.2, 0.25) is 0 Å². The fraction of sp³-hybridized carbons (Fsp3) is 0.368. The number of anilines is 1. The van der Waals surface area contributed by atoms with Crippen LogP contribution in [0.25, 0.3) is 0 Å². The molecule has 1 saturated heterocycles. The van der Waals surface area contributed by atoms with Crippen molar-refractivity contribution >= 4 is 11.7 Å². The van der Waals surface area contributed by atoms with Crippen LogP contribution in [0.15, 0.2) is 42.6 Å². The summed E-state index contributed by atoms with van der Waals surface area (Å²) >= 11 is 0. The highest BCUT2D eigenvalue weighted by atomic mass is 19.4. The first-order valence-electron chi connectivity index (χ1n) is 8.60. The first-order valence-corrected chi connectivity index (χ1v) is 8.60. The van der Waals surface area contributed by atoms with Crippen LogP contribution < -0.4 is 15.0 Å². The number of alkyl halides is 3. The molecule has 1 amide bonds. The van der Waals surface area contributed by atoms with Gasteiger partial charge in [-0.15, -0.1) is 0 Å². The summed E-state index contributed by atoms with van der Waals surface area (Å²) in [6, 6.07) is 9.42. The summed E-state index contributed by atoms with van der Waals surface area (Å²) in [5.41, 5.74) is -0.281. The molecule has 1 aromatic heterocycles. The smallest absolute Gasteiger partial charge is 0.417 e. The molecule has 2 aromatic rings. The number of ether oxygens (including phenoxy) is 1. The van der Waals surface area contributed by atoms with Crippen molar-refractivity contribution in [1.29, 1.82) is 0 Å². The molecule has 1 fully saturated rings. The maximum Gasteiger partial charge on any atom is 0.417 e. The molecule has 3 rings (SSSR count). The van der Waals surface area contributed by atoms with Crippen LogP contribution in [0.2, 0.25) is 0 Å². The molecule has 1 aromatic carbocycles. The molecular formula is C19H20F3N3O2. The number of methoxy groups -OCH3 is 1. The Morgan fingerprint density at radius 2 is 1.89 bits per heavy atom. The number of carbonyl (C=O) groups excluding carboxylic acids is 1. The van der Waals surface area contributed by atoms with Crippen molar-refractivity contribution in [2.45, 2.75) is 25.1 Å². The van der Waals surface area contributed by atoms with Crippen molar-refractivity contribution in [1.82, 2.24) is 10.3 Å². The number of carbonyl (C=O) groups is 1. The van der Waals surface area contributed by atoms with Crippen molar-refractivity contribution in [2.24, 2.45) is 0 Å². The topological polar surface area (TPSA) is 54.5 Å². The van der Waals surface area contributed by atoms with E-state index in [1.165, 1.54) is 13.2 Å². The summed E-state index contributed by atoms with van der Waals surface area (Å²) in [5, 5.41) is 3.00. The summed E-state index contributed by atoms with van der Waals surface area (Å²) in [7, 11) is 1.52. The SMILES string of the molecule is COc1ccccc1C(=O)NC1CCN(c2ccc(C(F)(F)F)cn2)CC1. The lowest BCUT2D eigenvalue weighted by Crippen LogP contribution is -2.45. The molecule has 0 bridgehead atoms. The van der Waals surface area contributed by atoms with Crippen LogP contribution in [0.3, 0.4) is 0 Å². The maximum absolute atomic E-state index is 12.6. The van der Waals surface area contributed by atoms with Crippen molar-refractivity contribution in [3.63, 3.8) is 0 Å². The number of piperidine rings is 1. The van der Waals surface area contributed by atoms with Gasteiger partial charge in [-0.1, -0.05) is 12.1 Å². The number of nitrogens with zero attached hydrogens (tertiary/aromatic N) is 2. The predicted molar refractivity (Wildman–Crippen MR) is 94.9 cm³/mol. The number of amides is 1. The molecule has 1 aliphatic rings. The van der Waals surface area contributed by atoms with E-state index in [9.17, 15) is 18.0 Å². The van der Waals surface area contributed by atoms with Gasteiger partial charge in [0.25, 0.3) is 5.91 Å². The maximum atomic E-state index is 12.6. The number of benzene rings is 1. The third kappa shape index (κ3) is 4.50. The van der Waals surface area contributed by atoms with E-state index >= 15 is 0 Å². The van der Waals surface area contributed by atoms with Crippen molar-refractivity contribution in [3.05, 3.63) is 53.7 Å². The predicted octanol–water partition coefficient (Wildman–Crippen LogP) is 3.51. The van der Waals surface area contributed by atoms with Gasteiger partial charge in [0.15, 0.2) is 0 Å². The molecule has 0 spiro atoms. The number of nitrogens with one attached hydrogen (secondary N) is 1. The second-order valence-electron chi connectivity index (χ2n) is 6.34. The minimum atomic E-state index is -4.39. The number of pyridine rings is 1. The van der Waals surface area contributed by atoms with E-state index in [-0.39, 0.29) is 11.9 Å². The van der Waals surface area contributed by atoms with E-state index in [0.717, 1.165) is 12.3 Å². The van der Waals surface area contributed by atoms with Gasteiger partial charge in [-0.2, -0.15) is 13.2 Å². The van der Waals surface area contributed by atoms with E-state index < -0.39 is 11.7 Å². The van der Waals surface area contributed by atoms with Gasteiger partial charge < -0.3 is 15.0 Å². The van der Waals surface area contributed by atoms with Gasteiger partial charge in [-0.25, -0.2) is 4.98 Å². The van der Waals surface area contributed by atoms with E-state index in [2.05, 4.69) is 10.3 Å². The van der Waals surface area contributed by atoms with Crippen LogP contribution in [0.5, 0.6) is 5.75 Å². The van der Waals surface area contributed by atoms with E-state index in [1.807, 2.05) is 4.90 Å². The number of aromatic nitrogens is 1. The molecule has 2 heterocycles. The molecule has 0 aliphatic carbocycles. The van der Waals surface area contributed by atoms with Crippen molar-refractivity contribution in [2.75, 3.05) is 25.1 Å². The molecule has 144 valence electrons. The zero-order valence-corrected chi connectivity index (χ0v) is 14.8. The Morgan fingerprint density at radius 3 is 2.48 bits per heavy atom. The number of hydrogen-bond acceptors (Lipinski definition) is 4. The lowest BCUT2D eigenvalue weighted by atomic mass is 10.0. The molecule has 5 nitrogen and oxygen atoms in total. The van der Waals surface area contributed by atoms with E-state index in [0.29, 0.717) is 43.1 Å². The lowest BCUT2D eigenvalue weighted by molar-refractivity contribution is -0.137. The third-order valence-corrected chi connectivity index (χ3v) is 4.58. The van der Waals surface area contributed by atoms with Crippen LogP contribution in [0, 0.1) is 0 Å². The van der Waals surface area contributed by atoms with Gasteiger partial charge in [0, 0.05) is 25.3 Å². The Labute approximate surface area is 155 Å². The lowest BCUT2D eigenvalue weighted by Gasteiger charge is -2.33. The molecule has 0 unspecified atom stereocenters. The molecule has 1 aliphatic heterocycles. The standard InChI is InChI=1S/C19H20F3N3O2/c1-27-16-5-3-2-4-15(16)18(26)24-14-8-10-25(11-9-14)17-7-6-13(12-23-17)19(20,21)22/h2-7,12,14H,8-11H2,1H3,(H,24,26). The summed E-state index contributed by atoms with van der Waals surface area (Å²) in [6.07, 6.45) is -2.17. The number of hydrogen-bond donors (Lipinski definition) is 1.